The largest absolute Gasteiger partial charge is 0.487 e. The standard InChI is InChI=1S/C14H12F3N3O2/c15-14(16,17)10-1-3-11(4-2-10)22-12-7-20(8-12)13(21)19-6-5-18-9-19/h1-6,9,12H,7-8H2. The molecule has 1 fully saturated rings. The summed E-state index contributed by atoms with van der Waals surface area (Å²) in [5.74, 6) is 0.354. The van der Waals surface area contributed by atoms with Crippen molar-refractivity contribution in [2.45, 2.75) is 12.3 Å². The molecule has 2 heterocycles. The van der Waals surface area contributed by atoms with Crippen molar-refractivity contribution in [3.63, 3.8) is 0 Å². The second kappa shape index (κ2) is 5.36. The molecule has 0 saturated carbocycles. The Hall–Kier alpha value is -2.51. The number of carbonyl (C=O) groups excluding carboxylic acids is 1. The molecule has 0 bridgehead atoms. The highest BCUT2D eigenvalue weighted by molar-refractivity contribution is 5.77. The average Bonchev–Trinajstić information content (AvgIpc) is 2.95. The lowest BCUT2D eigenvalue weighted by Crippen LogP contribution is -2.57. The van der Waals surface area contributed by atoms with Crippen molar-refractivity contribution >= 4 is 6.03 Å². The molecule has 1 aromatic heterocycles. The lowest BCUT2D eigenvalue weighted by molar-refractivity contribution is -0.137. The van der Waals surface area contributed by atoms with Crippen LogP contribution < -0.4 is 4.74 Å². The van der Waals surface area contributed by atoms with Crippen molar-refractivity contribution in [1.29, 1.82) is 0 Å². The predicted molar refractivity (Wildman–Crippen MR) is 70.5 cm³/mol. The first-order valence-corrected chi connectivity index (χ1v) is 6.54. The molecule has 1 aliphatic heterocycles. The fourth-order valence-electron chi connectivity index (χ4n) is 2.12. The van der Waals surface area contributed by atoms with Crippen molar-refractivity contribution in [3.05, 3.63) is 48.5 Å². The molecule has 3 rings (SSSR count). The third kappa shape index (κ3) is 2.90. The number of hydrogen-bond donors (Lipinski definition) is 0. The topological polar surface area (TPSA) is 47.4 Å². The van der Waals surface area contributed by atoms with Crippen LogP contribution in [-0.2, 0) is 6.18 Å². The number of nitrogens with zero attached hydrogens (tertiary/aromatic N) is 3. The maximum atomic E-state index is 12.4. The molecule has 8 heteroatoms. The Morgan fingerprint density at radius 2 is 1.91 bits per heavy atom. The SMILES string of the molecule is O=C(N1CC(Oc2ccc(C(F)(F)F)cc2)C1)n1ccnc1. The highest BCUT2D eigenvalue weighted by Crippen LogP contribution is 2.30. The van der Waals surface area contributed by atoms with Crippen molar-refractivity contribution in [1.82, 2.24) is 14.5 Å². The molecule has 5 nitrogen and oxygen atoms in total. The van der Waals surface area contributed by atoms with Crippen LogP contribution in [0.3, 0.4) is 0 Å². The van der Waals surface area contributed by atoms with E-state index in [1.807, 2.05) is 0 Å². The van der Waals surface area contributed by atoms with Crippen LogP contribution in [0.4, 0.5) is 18.0 Å². The summed E-state index contributed by atoms with van der Waals surface area (Å²) in [5.41, 5.74) is -0.717. The summed E-state index contributed by atoms with van der Waals surface area (Å²) in [5, 5.41) is 0. The van der Waals surface area contributed by atoms with Gasteiger partial charge in [0.05, 0.1) is 18.7 Å². The molecule has 1 saturated heterocycles. The number of ether oxygens (including phenoxy) is 1. The van der Waals surface area contributed by atoms with E-state index in [0.29, 0.717) is 18.8 Å². The summed E-state index contributed by atoms with van der Waals surface area (Å²) < 4.78 is 44.2. The first-order chi connectivity index (χ1) is 10.4. The van der Waals surface area contributed by atoms with Crippen LogP contribution in [0.5, 0.6) is 5.75 Å². The van der Waals surface area contributed by atoms with Gasteiger partial charge in [0.1, 0.15) is 18.2 Å². The first kappa shape index (κ1) is 14.4. The van der Waals surface area contributed by atoms with Crippen LogP contribution in [0.25, 0.3) is 0 Å². The Kier molecular flexibility index (Phi) is 3.51. The zero-order chi connectivity index (χ0) is 15.7. The number of amides is 1. The third-order valence-corrected chi connectivity index (χ3v) is 3.33. The van der Waals surface area contributed by atoms with Gasteiger partial charge in [0.15, 0.2) is 0 Å². The smallest absolute Gasteiger partial charge is 0.416 e. The first-order valence-electron chi connectivity index (χ1n) is 6.54. The molecule has 0 unspecified atom stereocenters. The highest BCUT2D eigenvalue weighted by atomic mass is 19.4. The minimum atomic E-state index is -4.36. The lowest BCUT2D eigenvalue weighted by atomic mass is 10.1. The van der Waals surface area contributed by atoms with Gasteiger partial charge in [-0.05, 0) is 24.3 Å². The average molecular weight is 311 g/mol. The van der Waals surface area contributed by atoms with Gasteiger partial charge in [-0.25, -0.2) is 9.78 Å². The number of likely N-dealkylation sites (tertiary alicyclic amines) is 1. The van der Waals surface area contributed by atoms with Gasteiger partial charge in [0, 0.05) is 12.4 Å². The molecule has 1 aliphatic rings. The van der Waals surface area contributed by atoms with Gasteiger partial charge in [0.25, 0.3) is 0 Å². The third-order valence-electron chi connectivity index (χ3n) is 3.33. The zero-order valence-corrected chi connectivity index (χ0v) is 11.3. The van der Waals surface area contributed by atoms with Crippen molar-refractivity contribution in [2.75, 3.05) is 13.1 Å². The van der Waals surface area contributed by atoms with E-state index in [4.69, 9.17) is 4.74 Å². The minimum Gasteiger partial charge on any atom is -0.487 e. The van der Waals surface area contributed by atoms with E-state index in [1.165, 1.54) is 29.2 Å². The van der Waals surface area contributed by atoms with Crippen LogP contribution in [0.2, 0.25) is 0 Å². The van der Waals surface area contributed by atoms with E-state index in [2.05, 4.69) is 4.98 Å². The molecule has 1 amide bonds. The monoisotopic (exact) mass is 311 g/mol. The number of carbonyl (C=O) groups is 1. The van der Waals surface area contributed by atoms with Crippen LogP contribution in [0.1, 0.15) is 5.56 Å². The molecule has 1 aromatic carbocycles. The minimum absolute atomic E-state index is 0.204. The van der Waals surface area contributed by atoms with Gasteiger partial charge < -0.3 is 9.64 Å². The summed E-state index contributed by atoms with van der Waals surface area (Å²) in [6.45, 7) is 0.774. The predicted octanol–water partition coefficient (Wildman–Crippen LogP) is 2.63. The Balaban J connectivity index is 1.53. The molecule has 0 aliphatic carbocycles. The summed E-state index contributed by atoms with van der Waals surface area (Å²) in [7, 11) is 0. The van der Waals surface area contributed by atoms with E-state index in [0.717, 1.165) is 12.1 Å². The number of imidazole rings is 1. The molecular formula is C14H12F3N3O2. The second-order valence-corrected chi connectivity index (χ2v) is 4.92. The number of halogens is 3. The summed E-state index contributed by atoms with van der Waals surface area (Å²) >= 11 is 0. The molecule has 0 N–H and O–H groups in total. The quantitative estimate of drug-likeness (QED) is 0.856. The summed E-state index contributed by atoms with van der Waals surface area (Å²) in [6.07, 6.45) is -0.112. The Morgan fingerprint density at radius 3 is 2.45 bits per heavy atom. The van der Waals surface area contributed by atoms with Gasteiger partial charge in [-0.3, -0.25) is 4.57 Å². The molecule has 0 radical (unpaired) electrons. The normalized spacial score (nSPS) is 15.5. The maximum absolute atomic E-state index is 12.4. The van der Waals surface area contributed by atoms with E-state index >= 15 is 0 Å². The van der Waals surface area contributed by atoms with E-state index in [1.54, 1.807) is 11.1 Å². The van der Waals surface area contributed by atoms with Crippen molar-refractivity contribution in [2.24, 2.45) is 0 Å². The van der Waals surface area contributed by atoms with Crippen molar-refractivity contribution in [3.8, 4) is 5.75 Å². The molecule has 2 aromatic rings. The van der Waals surface area contributed by atoms with Gasteiger partial charge in [0.2, 0.25) is 0 Å². The molecule has 0 spiro atoms. The fraction of sp³-hybridized carbons (Fsp3) is 0.286. The van der Waals surface area contributed by atoms with Crippen LogP contribution in [0.15, 0.2) is 43.0 Å². The Bertz CT molecular complexity index is 647. The van der Waals surface area contributed by atoms with E-state index in [-0.39, 0.29) is 12.1 Å². The van der Waals surface area contributed by atoms with Gasteiger partial charge in [-0.15, -0.1) is 0 Å². The second-order valence-electron chi connectivity index (χ2n) is 4.92. The molecule has 116 valence electrons. The number of hydrogen-bond acceptors (Lipinski definition) is 3. The lowest BCUT2D eigenvalue weighted by Gasteiger charge is -2.38. The molecular weight excluding hydrogens is 299 g/mol. The number of alkyl halides is 3. The van der Waals surface area contributed by atoms with Crippen LogP contribution >= 0.6 is 0 Å². The van der Waals surface area contributed by atoms with E-state index < -0.39 is 11.7 Å². The van der Waals surface area contributed by atoms with Crippen LogP contribution in [-0.4, -0.2) is 39.7 Å². The van der Waals surface area contributed by atoms with Gasteiger partial charge >= 0.3 is 12.2 Å². The highest BCUT2D eigenvalue weighted by Gasteiger charge is 2.33. The zero-order valence-electron chi connectivity index (χ0n) is 11.3. The number of rotatable bonds is 2. The summed E-state index contributed by atoms with van der Waals surface area (Å²) in [6, 6.07) is 4.31. The maximum Gasteiger partial charge on any atom is 0.416 e. The van der Waals surface area contributed by atoms with Crippen LogP contribution in [0, 0.1) is 0 Å². The summed E-state index contributed by atoms with van der Waals surface area (Å²) in [4.78, 5) is 17.3. The van der Waals surface area contributed by atoms with E-state index in [9.17, 15) is 18.0 Å². The number of benzene rings is 1. The van der Waals surface area contributed by atoms with Gasteiger partial charge in [-0.1, -0.05) is 0 Å². The number of aromatic nitrogens is 2. The Labute approximate surface area is 123 Å². The fourth-order valence-corrected chi connectivity index (χ4v) is 2.12. The van der Waals surface area contributed by atoms with Gasteiger partial charge in [-0.2, -0.15) is 13.2 Å². The van der Waals surface area contributed by atoms with Crippen molar-refractivity contribution < 1.29 is 22.7 Å². The Morgan fingerprint density at radius 1 is 1.23 bits per heavy atom. The molecule has 0 atom stereocenters. The molecule has 22 heavy (non-hydrogen) atoms.